The lowest BCUT2D eigenvalue weighted by molar-refractivity contribution is 0.00571. The van der Waals surface area contributed by atoms with Gasteiger partial charge in [0.15, 0.2) is 0 Å². The molecular formula is C15H20ClFO2. The molecule has 1 aromatic carbocycles. The highest BCUT2D eigenvalue weighted by molar-refractivity contribution is 6.31. The first-order valence-electron chi connectivity index (χ1n) is 6.77. The highest BCUT2D eigenvalue weighted by atomic mass is 35.5. The van der Waals surface area contributed by atoms with Gasteiger partial charge in [0.1, 0.15) is 5.82 Å². The first-order chi connectivity index (χ1) is 9.11. The van der Waals surface area contributed by atoms with Crippen LogP contribution in [0.5, 0.6) is 0 Å². The smallest absolute Gasteiger partial charge is 0.124 e. The van der Waals surface area contributed by atoms with Gasteiger partial charge in [-0.2, -0.15) is 0 Å². The average molecular weight is 287 g/mol. The van der Waals surface area contributed by atoms with E-state index < -0.39 is 5.41 Å². The number of aliphatic hydroxyl groups is 2. The van der Waals surface area contributed by atoms with Crippen molar-refractivity contribution in [2.24, 2.45) is 11.3 Å². The molecule has 1 aromatic rings. The van der Waals surface area contributed by atoms with Crippen molar-refractivity contribution in [1.29, 1.82) is 0 Å². The van der Waals surface area contributed by atoms with Crippen molar-refractivity contribution in [1.82, 2.24) is 0 Å². The largest absolute Gasteiger partial charge is 0.396 e. The minimum atomic E-state index is -0.544. The monoisotopic (exact) mass is 286 g/mol. The Balaban J connectivity index is 2.24. The molecule has 0 heterocycles. The van der Waals surface area contributed by atoms with Crippen LogP contribution in [-0.4, -0.2) is 23.4 Å². The summed E-state index contributed by atoms with van der Waals surface area (Å²) in [4.78, 5) is 0. The van der Waals surface area contributed by atoms with Crippen LogP contribution in [0.1, 0.15) is 31.2 Å². The van der Waals surface area contributed by atoms with Crippen molar-refractivity contribution in [2.75, 3.05) is 13.2 Å². The van der Waals surface area contributed by atoms with Crippen LogP contribution < -0.4 is 0 Å². The van der Waals surface area contributed by atoms with E-state index in [2.05, 4.69) is 0 Å². The predicted octanol–water partition coefficient (Wildman–Crippen LogP) is 3.18. The fourth-order valence-electron chi connectivity index (χ4n) is 3.15. The molecule has 0 saturated heterocycles. The maximum absolute atomic E-state index is 13.1. The minimum absolute atomic E-state index is 0.0676. The number of rotatable bonds is 5. The van der Waals surface area contributed by atoms with Gasteiger partial charge in [-0.15, -0.1) is 0 Å². The molecule has 106 valence electrons. The minimum Gasteiger partial charge on any atom is -0.396 e. The van der Waals surface area contributed by atoms with Gasteiger partial charge in [0, 0.05) is 10.4 Å². The summed E-state index contributed by atoms with van der Waals surface area (Å²) < 4.78 is 13.1. The van der Waals surface area contributed by atoms with Crippen molar-refractivity contribution < 1.29 is 14.6 Å². The third kappa shape index (κ3) is 3.10. The second-order valence-electron chi connectivity index (χ2n) is 5.57. The molecule has 0 aliphatic heterocycles. The first kappa shape index (κ1) is 14.8. The molecule has 0 spiro atoms. The first-order valence-corrected chi connectivity index (χ1v) is 7.15. The molecule has 0 bridgehead atoms. The summed E-state index contributed by atoms with van der Waals surface area (Å²) in [6, 6.07) is 4.30. The van der Waals surface area contributed by atoms with Gasteiger partial charge in [-0.1, -0.05) is 30.5 Å². The van der Waals surface area contributed by atoms with Crippen LogP contribution in [-0.2, 0) is 6.42 Å². The van der Waals surface area contributed by atoms with Gasteiger partial charge in [-0.3, -0.25) is 0 Å². The zero-order chi connectivity index (χ0) is 13.9. The molecular weight excluding hydrogens is 267 g/mol. The van der Waals surface area contributed by atoms with Crippen LogP contribution in [0, 0.1) is 17.2 Å². The van der Waals surface area contributed by atoms with E-state index in [1.165, 1.54) is 12.1 Å². The quantitative estimate of drug-likeness (QED) is 0.873. The fraction of sp³-hybridized carbons (Fsp3) is 0.600. The van der Waals surface area contributed by atoms with E-state index in [9.17, 15) is 14.6 Å². The van der Waals surface area contributed by atoms with E-state index >= 15 is 0 Å². The van der Waals surface area contributed by atoms with Gasteiger partial charge in [0.25, 0.3) is 0 Å². The van der Waals surface area contributed by atoms with E-state index in [1.807, 2.05) is 0 Å². The molecule has 1 fully saturated rings. The molecule has 1 aliphatic rings. The fourth-order valence-corrected chi connectivity index (χ4v) is 3.38. The normalized spacial score (nSPS) is 17.1. The summed E-state index contributed by atoms with van der Waals surface area (Å²) >= 11 is 6.05. The summed E-state index contributed by atoms with van der Waals surface area (Å²) in [5.41, 5.74) is 0.246. The van der Waals surface area contributed by atoms with Crippen molar-refractivity contribution in [2.45, 2.75) is 32.1 Å². The van der Waals surface area contributed by atoms with Crippen molar-refractivity contribution in [3.8, 4) is 0 Å². The predicted molar refractivity (Wildman–Crippen MR) is 73.7 cm³/mol. The molecule has 4 heteroatoms. The number of aliphatic hydroxyl groups excluding tert-OH is 2. The van der Waals surface area contributed by atoms with Crippen LogP contribution >= 0.6 is 11.6 Å². The number of halogens is 2. The lowest BCUT2D eigenvalue weighted by Gasteiger charge is -2.36. The zero-order valence-corrected chi connectivity index (χ0v) is 11.7. The Bertz CT molecular complexity index is 426. The van der Waals surface area contributed by atoms with Crippen molar-refractivity contribution in [3.63, 3.8) is 0 Å². The Morgan fingerprint density at radius 2 is 1.84 bits per heavy atom. The van der Waals surface area contributed by atoms with Crippen LogP contribution in [0.2, 0.25) is 5.02 Å². The van der Waals surface area contributed by atoms with Gasteiger partial charge in [-0.25, -0.2) is 4.39 Å². The molecule has 2 nitrogen and oxygen atoms in total. The van der Waals surface area contributed by atoms with Crippen LogP contribution in [0.4, 0.5) is 4.39 Å². The second kappa shape index (κ2) is 6.21. The third-order valence-corrected chi connectivity index (χ3v) is 4.76. The van der Waals surface area contributed by atoms with E-state index in [-0.39, 0.29) is 19.0 Å². The molecule has 2 N–H and O–H groups in total. The van der Waals surface area contributed by atoms with Crippen LogP contribution in [0.3, 0.4) is 0 Å². The van der Waals surface area contributed by atoms with Crippen LogP contribution in [0.25, 0.3) is 0 Å². The maximum Gasteiger partial charge on any atom is 0.124 e. The second-order valence-corrected chi connectivity index (χ2v) is 5.98. The summed E-state index contributed by atoms with van der Waals surface area (Å²) in [5.74, 6) is -0.0585. The van der Waals surface area contributed by atoms with E-state index in [0.717, 1.165) is 31.2 Å². The molecule has 0 unspecified atom stereocenters. The summed E-state index contributed by atoms with van der Waals surface area (Å²) in [5, 5.41) is 19.9. The Morgan fingerprint density at radius 1 is 1.21 bits per heavy atom. The van der Waals surface area contributed by atoms with E-state index in [1.54, 1.807) is 6.07 Å². The number of hydrogen-bond donors (Lipinski definition) is 2. The SMILES string of the molecule is OCC(CO)(Cc1ccc(F)cc1Cl)C1CCCC1. The van der Waals surface area contributed by atoms with Gasteiger partial charge >= 0.3 is 0 Å². The summed E-state index contributed by atoms with van der Waals surface area (Å²) in [6.07, 6.45) is 4.83. The zero-order valence-electron chi connectivity index (χ0n) is 10.9. The average Bonchev–Trinajstić information content (AvgIpc) is 2.93. The van der Waals surface area contributed by atoms with Crippen molar-refractivity contribution >= 4 is 11.6 Å². The Labute approximate surface area is 118 Å². The number of hydrogen-bond acceptors (Lipinski definition) is 2. The summed E-state index contributed by atoms with van der Waals surface area (Å²) in [7, 11) is 0. The molecule has 2 rings (SSSR count). The molecule has 19 heavy (non-hydrogen) atoms. The lowest BCUT2D eigenvalue weighted by atomic mass is 9.71. The molecule has 0 radical (unpaired) electrons. The highest BCUT2D eigenvalue weighted by Gasteiger charge is 2.39. The maximum atomic E-state index is 13.1. The topological polar surface area (TPSA) is 40.5 Å². The number of benzene rings is 1. The van der Waals surface area contributed by atoms with Gasteiger partial charge in [-0.05, 0) is 42.9 Å². The molecule has 0 amide bonds. The molecule has 0 aromatic heterocycles. The molecule has 1 saturated carbocycles. The lowest BCUT2D eigenvalue weighted by Crippen LogP contribution is -2.39. The highest BCUT2D eigenvalue weighted by Crippen LogP contribution is 2.42. The molecule has 1 aliphatic carbocycles. The van der Waals surface area contributed by atoms with E-state index in [0.29, 0.717) is 17.4 Å². The standard InChI is InChI=1S/C15H20ClFO2/c16-14-7-13(17)6-5-11(14)8-15(9-18,10-19)12-3-1-2-4-12/h5-7,12,18-19H,1-4,8-10H2. The van der Waals surface area contributed by atoms with E-state index in [4.69, 9.17) is 11.6 Å². The van der Waals surface area contributed by atoms with Gasteiger partial charge in [0.05, 0.1) is 13.2 Å². The third-order valence-electron chi connectivity index (χ3n) is 4.41. The van der Waals surface area contributed by atoms with Crippen LogP contribution in [0.15, 0.2) is 18.2 Å². The summed E-state index contributed by atoms with van der Waals surface area (Å²) in [6.45, 7) is -0.135. The van der Waals surface area contributed by atoms with Gasteiger partial charge < -0.3 is 10.2 Å². The Kier molecular flexibility index (Phi) is 4.82. The van der Waals surface area contributed by atoms with Gasteiger partial charge in [0.2, 0.25) is 0 Å². The Morgan fingerprint density at radius 3 is 2.37 bits per heavy atom. The Hall–Kier alpha value is -0.640. The molecule has 0 atom stereocenters. The van der Waals surface area contributed by atoms with Crippen molar-refractivity contribution in [3.05, 3.63) is 34.6 Å².